The van der Waals surface area contributed by atoms with Crippen molar-refractivity contribution in [2.24, 2.45) is 11.8 Å². The van der Waals surface area contributed by atoms with Crippen LogP contribution in [0.15, 0.2) is 29.3 Å². The number of aliphatic carboxylic acids is 1. The number of phenols is 1. The minimum Gasteiger partial charge on any atom is -0.506 e. The zero-order chi connectivity index (χ0) is 17.1. The van der Waals surface area contributed by atoms with Gasteiger partial charge in [0.25, 0.3) is 5.69 Å². The van der Waals surface area contributed by atoms with Crippen LogP contribution < -0.4 is 5.32 Å². The lowest BCUT2D eigenvalue weighted by Crippen LogP contribution is -2.35. The molecule has 1 aliphatic rings. The van der Waals surface area contributed by atoms with Gasteiger partial charge in [-0.2, -0.15) is 0 Å². The number of rotatable bonds is 4. The zero-order valence-electron chi connectivity index (χ0n) is 11.7. The number of nitro groups is 1. The van der Waals surface area contributed by atoms with Crippen LogP contribution in [0.4, 0.5) is 11.4 Å². The number of aromatic hydroxyl groups is 1. The molecule has 0 unspecified atom stereocenters. The molecule has 1 aliphatic carbocycles. The number of nitrogens with zero attached hydrogens (tertiary/aromatic N) is 1. The van der Waals surface area contributed by atoms with E-state index in [-0.39, 0.29) is 30.0 Å². The van der Waals surface area contributed by atoms with E-state index in [1.54, 1.807) is 6.08 Å². The molecule has 122 valence electrons. The second-order valence-electron chi connectivity index (χ2n) is 5.09. The van der Waals surface area contributed by atoms with Crippen LogP contribution in [0.3, 0.4) is 0 Å². The van der Waals surface area contributed by atoms with E-state index in [0.717, 1.165) is 18.2 Å². The van der Waals surface area contributed by atoms with E-state index in [0.29, 0.717) is 5.03 Å². The molecule has 0 spiro atoms. The van der Waals surface area contributed by atoms with Crippen LogP contribution in [0.1, 0.15) is 12.8 Å². The molecule has 0 radical (unpaired) electrons. The van der Waals surface area contributed by atoms with Crippen LogP contribution in [0.25, 0.3) is 0 Å². The number of nitrogens with one attached hydrogen (secondary N) is 1. The third-order valence-electron chi connectivity index (χ3n) is 3.60. The van der Waals surface area contributed by atoms with E-state index >= 15 is 0 Å². The number of hydrogen-bond acceptors (Lipinski definition) is 5. The lowest BCUT2D eigenvalue weighted by Gasteiger charge is -2.25. The van der Waals surface area contributed by atoms with Gasteiger partial charge in [0, 0.05) is 17.2 Å². The van der Waals surface area contributed by atoms with Crippen LogP contribution in [0, 0.1) is 22.0 Å². The molecule has 0 saturated heterocycles. The quantitative estimate of drug-likeness (QED) is 0.438. The molecule has 2 rings (SSSR count). The summed E-state index contributed by atoms with van der Waals surface area (Å²) in [6.07, 6.45) is 1.72. The Bertz CT molecular complexity index is 703. The monoisotopic (exact) mass is 340 g/mol. The van der Waals surface area contributed by atoms with Crippen LogP contribution in [-0.4, -0.2) is 27.0 Å². The van der Waals surface area contributed by atoms with E-state index in [9.17, 15) is 29.9 Å². The van der Waals surface area contributed by atoms with Crippen molar-refractivity contribution >= 4 is 34.9 Å². The number of carbonyl (C=O) groups excluding carboxylic acids is 1. The number of halogens is 1. The van der Waals surface area contributed by atoms with Crippen LogP contribution in [0.2, 0.25) is 0 Å². The highest BCUT2D eigenvalue weighted by atomic mass is 35.5. The SMILES string of the molecule is O=C(O)[C@@H]1CC=C(Cl)C[C@H]1C(=O)Nc1cc([N+](=O)[O-])ccc1O. The molecular formula is C14H13ClN2O6. The molecule has 1 aromatic rings. The summed E-state index contributed by atoms with van der Waals surface area (Å²) in [5.41, 5.74) is -0.464. The number of hydrogen-bond donors (Lipinski definition) is 3. The number of benzene rings is 1. The molecule has 1 amide bonds. The van der Waals surface area contributed by atoms with Crippen LogP contribution in [-0.2, 0) is 9.59 Å². The first-order chi connectivity index (χ1) is 10.8. The fraction of sp³-hybridized carbons (Fsp3) is 0.286. The molecule has 2 atom stereocenters. The van der Waals surface area contributed by atoms with Crippen LogP contribution >= 0.6 is 11.6 Å². The second kappa shape index (κ2) is 6.66. The van der Waals surface area contributed by atoms with Crippen molar-refractivity contribution in [3.8, 4) is 5.75 Å². The summed E-state index contributed by atoms with van der Waals surface area (Å²) in [5, 5.41) is 32.4. The van der Waals surface area contributed by atoms with E-state index in [4.69, 9.17) is 11.6 Å². The first-order valence-electron chi connectivity index (χ1n) is 6.65. The van der Waals surface area contributed by atoms with E-state index < -0.39 is 28.6 Å². The average Bonchev–Trinajstić information content (AvgIpc) is 2.48. The van der Waals surface area contributed by atoms with Crippen molar-refractivity contribution in [2.75, 3.05) is 5.32 Å². The highest BCUT2D eigenvalue weighted by Crippen LogP contribution is 2.34. The second-order valence-corrected chi connectivity index (χ2v) is 5.58. The Labute approximate surface area is 135 Å². The number of carbonyl (C=O) groups is 2. The van der Waals surface area contributed by atoms with Crippen LogP contribution in [0.5, 0.6) is 5.75 Å². The van der Waals surface area contributed by atoms with Crippen molar-refractivity contribution in [1.29, 1.82) is 0 Å². The third kappa shape index (κ3) is 3.78. The number of carboxylic acid groups (broad SMARTS) is 1. The predicted octanol–water partition coefficient (Wildman–Crippen LogP) is 2.47. The van der Waals surface area contributed by atoms with E-state index in [1.165, 1.54) is 0 Å². The van der Waals surface area contributed by atoms with Crippen molar-refractivity contribution < 1.29 is 24.7 Å². The lowest BCUT2D eigenvalue weighted by atomic mass is 9.82. The Morgan fingerprint density at radius 1 is 1.35 bits per heavy atom. The Morgan fingerprint density at radius 3 is 2.65 bits per heavy atom. The summed E-state index contributed by atoms with van der Waals surface area (Å²) in [6, 6.07) is 3.17. The standard InChI is InChI=1S/C14H13ClN2O6/c15-7-1-3-9(14(20)21)10(5-7)13(19)16-11-6-8(17(22)23)2-4-12(11)18/h1-2,4,6,9-10,18H,3,5H2,(H,16,19)(H,20,21)/t9-,10-/m1/s1. The first-order valence-corrected chi connectivity index (χ1v) is 7.03. The largest absolute Gasteiger partial charge is 0.506 e. The number of allylic oxidation sites excluding steroid dienone is 2. The summed E-state index contributed by atoms with van der Waals surface area (Å²) in [5.74, 6) is -4.02. The van der Waals surface area contributed by atoms with Gasteiger partial charge in [-0.05, 0) is 18.9 Å². The van der Waals surface area contributed by atoms with Crippen molar-refractivity contribution in [1.82, 2.24) is 0 Å². The fourth-order valence-corrected chi connectivity index (χ4v) is 2.62. The molecule has 3 N–H and O–H groups in total. The van der Waals surface area contributed by atoms with Crippen molar-refractivity contribution in [3.63, 3.8) is 0 Å². The van der Waals surface area contributed by atoms with Gasteiger partial charge in [0.2, 0.25) is 5.91 Å². The molecule has 0 aliphatic heterocycles. The highest BCUT2D eigenvalue weighted by molar-refractivity contribution is 6.29. The highest BCUT2D eigenvalue weighted by Gasteiger charge is 2.36. The van der Waals surface area contributed by atoms with Gasteiger partial charge in [-0.25, -0.2) is 0 Å². The molecular weight excluding hydrogens is 328 g/mol. The zero-order valence-corrected chi connectivity index (χ0v) is 12.5. The summed E-state index contributed by atoms with van der Waals surface area (Å²) in [7, 11) is 0. The molecule has 0 heterocycles. The first kappa shape index (κ1) is 16.8. The number of amides is 1. The van der Waals surface area contributed by atoms with Gasteiger partial charge < -0.3 is 15.5 Å². The summed E-state index contributed by atoms with van der Waals surface area (Å²) in [4.78, 5) is 33.6. The summed E-state index contributed by atoms with van der Waals surface area (Å²) < 4.78 is 0. The maximum atomic E-state index is 12.3. The van der Waals surface area contributed by atoms with Gasteiger partial charge in [-0.15, -0.1) is 0 Å². The number of non-ortho nitro benzene ring substituents is 1. The number of phenolic OH excluding ortho intramolecular Hbond substituents is 1. The number of carboxylic acids is 1. The molecule has 1 aromatic carbocycles. The third-order valence-corrected chi connectivity index (χ3v) is 3.91. The normalized spacial score (nSPS) is 20.5. The topological polar surface area (TPSA) is 130 Å². The van der Waals surface area contributed by atoms with Gasteiger partial charge in [0.1, 0.15) is 5.75 Å². The van der Waals surface area contributed by atoms with Gasteiger partial charge >= 0.3 is 5.97 Å². The smallest absolute Gasteiger partial charge is 0.307 e. The van der Waals surface area contributed by atoms with Gasteiger partial charge in [0.15, 0.2) is 0 Å². The van der Waals surface area contributed by atoms with E-state index in [2.05, 4.69) is 5.32 Å². The summed E-state index contributed by atoms with van der Waals surface area (Å²) in [6.45, 7) is 0. The van der Waals surface area contributed by atoms with Crippen molar-refractivity contribution in [2.45, 2.75) is 12.8 Å². The minimum absolute atomic E-state index is 0.0556. The summed E-state index contributed by atoms with van der Waals surface area (Å²) >= 11 is 5.88. The lowest BCUT2D eigenvalue weighted by molar-refractivity contribution is -0.384. The van der Waals surface area contributed by atoms with Gasteiger partial charge in [0.05, 0.1) is 22.4 Å². The Morgan fingerprint density at radius 2 is 2.04 bits per heavy atom. The Kier molecular flexibility index (Phi) is 4.85. The van der Waals surface area contributed by atoms with Gasteiger partial charge in [-0.3, -0.25) is 19.7 Å². The van der Waals surface area contributed by atoms with Crippen molar-refractivity contribution in [3.05, 3.63) is 39.4 Å². The maximum Gasteiger partial charge on any atom is 0.307 e. The molecule has 9 heteroatoms. The number of nitro benzene ring substituents is 1. The Balaban J connectivity index is 2.24. The molecule has 0 bridgehead atoms. The molecule has 23 heavy (non-hydrogen) atoms. The fourth-order valence-electron chi connectivity index (χ4n) is 2.37. The molecule has 8 nitrogen and oxygen atoms in total. The van der Waals surface area contributed by atoms with E-state index in [1.807, 2.05) is 0 Å². The molecule has 0 saturated carbocycles. The minimum atomic E-state index is -1.13. The molecule has 0 aromatic heterocycles. The molecule has 0 fully saturated rings. The van der Waals surface area contributed by atoms with Gasteiger partial charge in [-0.1, -0.05) is 17.7 Å². The number of anilines is 1. The predicted molar refractivity (Wildman–Crippen MR) is 81.2 cm³/mol. The Hall–Kier alpha value is -2.61. The maximum absolute atomic E-state index is 12.3. The average molecular weight is 341 g/mol.